The summed E-state index contributed by atoms with van der Waals surface area (Å²) in [4.78, 5) is 19.6. The minimum absolute atomic E-state index is 0.120. The molecule has 0 aliphatic heterocycles. The van der Waals surface area contributed by atoms with E-state index < -0.39 is 11.9 Å². The lowest BCUT2D eigenvalue weighted by Gasteiger charge is -2.29. The van der Waals surface area contributed by atoms with Crippen molar-refractivity contribution in [2.24, 2.45) is 15.9 Å². The summed E-state index contributed by atoms with van der Waals surface area (Å²) in [6.45, 7) is 1.63. The lowest BCUT2D eigenvalue weighted by atomic mass is 9.82. The first kappa shape index (κ1) is 20.1. The van der Waals surface area contributed by atoms with Crippen molar-refractivity contribution in [3.05, 3.63) is 35.1 Å². The van der Waals surface area contributed by atoms with Gasteiger partial charge in [0.15, 0.2) is 5.84 Å². The van der Waals surface area contributed by atoms with Gasteiger partial charge in [0.1, 0.15) is 5.82 Å². The van der Waals surface area contributed by atoms with Crippen LogP contribution in [0.15, 0.2) is 28.2 Å². The summed E-state index contributed by atoms with van der Waals surface area (Å²) in [5.74, 6) is -3.80. The molecule has 142 valence electrons. The number of aliphatic carboxylic acids is 1. The van der Waals surface area contributed by atoms with Gasteiger partial charge in [-0.3, -0.25) is 9.79 Å². The quantitative estimate of drug-likeness (QED) is 0.608. The number of carbonyl (C=O) groups is 1. The van der Waals surface area contributed by atoms with Gasteiger partial charge in [0.2, 0.25) is 5.92 Å². The standard InChI is InChI=1S/C19H23F3N2O2/c1-12-11-14(3-4-15(12)20)18(23-2)24-16(5-6-17(25)26)13-7-9-19(21,22)10-8-13/h3-4,11,13H,5-10H2,1-2H3,(H,25,26). The zero-order valence-corrected chi connectivity index (χ0v) is 14.9. The van der Waals surface area contributed by atoms with Crippen LogP contribution in [0.3, 0.4) is 0 Å². The Balaban J connectivity index is 2.29. The van der Waals surface area contributed by atoms with Crippen LogP contribution in [0.2, 0.25) is 0 Å². The van der Waals surface area contributed by atoms with Gasteiger partial charge in [-0.15, -0.1) is 0 Å². The molecule has 0 unspecified atom stereocenters. The maximum absolute atomic E-state index is 13.5. The van der Waals surface area contributed by atoms with Crippen molar-refractivity contribution in [3.8, 4) is 0 Å². The Morgan fingerprint density at radius 1 is 1.27 bits per heavy atom. The third-order valence-electron chi connectivity index (χ3n) is 4.66. The number of aryl methyl sites for hydroxylation is 1. The lowest BCUT2D eigenvalue weighted by Crippen LogP contribution is -2.29. The van der Waals surface area contributed by atoms with E-state index in [9.17, 15) is 18.0 Å². The number of hydrogen-bond donors (Lipinski definition) is 1. The molecule has 0 heterocycles. The highest BCUT2D eigenvalue weighted by molar-refractivity contribution is 6.08. The largest absolute Gasteiger partial charge is 0.481 e. The van der Waals surface area contributed by atoms with Crippen molar-refractivity contribution in [1.29, 1.82) is 0 Å². The van der Waals surface area contributed by atoms with Gasteiger partial charge in [0.05, 0.1) is 6.42 Å². The second-order valence-electron chi connectivity index (χ2n) is 6.64. The average Bonchev–Trinajstić information content (AvgIpc) is 2.58. The Morgan fingerprint density at radius 2 is 1.92 bits per heavy atom. The fourth-order valence-corrected chi connectivity index (χ4v) is 3.12. The van der Waals surface area contributed by atoms with E-state index in [0.717, 1.165) is 0 Å². The Kier molecular flexibility index (Phi) is 6.56. The van der Waals surface area contributed by atoms with Crippen molar-refractivity contribution in [1.82, 2.24) is 0 Å². The first-order valence-corrected chi connectivity index (χ1v) is 8.62. The molecular weight excluding hydrogens is 345 g/mol. The minimum Gasteiger partial charge on any atom is -0.481 e. The molecule has 0 radical (unpaired) electrons. The molecule has 7 heteroatoms. The van der Waals surface area contributed by atoms with Gasteiger partial charge in [-0.25, -0.2) is 18.2 Å². The zero-order valence-electron chi connectivity index (χ0n) is 14.9. The molecule has 2 rings (SSSR count). The van der Waals surface area contributed by atoms with Crippen molar-refractivity contribution in [2.45, 2.75) is 51.4 Å². The zero-order chi connectivity index (χ0) is 19.3. The van der Waals surface area contributed by atoms with E-state index >= 15 is 0 Å². The summed E-state index contributed by atoms with van der Waals surface area (Å²) in [5, 5.41) is 8.97. The van der Waals surface area contributed by atoms with E-state index in [1.807, 2.05) is 0 Å². The first-order valence-electron chi connectivity index (χ1n) is 8.62. The number of carboxylic acid groups (broad SMARTS) is 1. The highest BCUT2D eigenvalue weighted by Gasteiger charge is 2.36. The number of hydrogen-bond acceptors (Lipinski definition) is 2. The van der Waals surface area contributed by atoms with E-state index in [1.165, 1.54) is 6.07 Å². The third kappa shape index (κ3) is 5.41. The topological polar surface area (TPSA) is 62.0 Å². The second-order valence-corrected chi connectivity index (χ2v) is 6.64. The molecule has 0 amide bonds. The monoisotopic (exact) mass is 368 g/mol. The molecule has 4 nitrogen and oxygen atoms in total. The van der Waals surface area contributed by atoms with Crippen molar-refractivity contribution < 1.29 is 23.1 Å². The Labute approximate surface area is 150 Å². The van der Waals surface area contributed by atoms with Crippen LogP contribution >= 0.6 is 0 Å². The van der Waals surface area contributed by atoms with Gasteiger partial charge in [0.25, 0.3) is 0 Å². The minimum atomic E-state index is -2.66. The van der Waals surface area contributed by atoms with E-state index in [0.29, 0.717) is 22.7 Å². The molecule has 1 N–H and O–H groups in total. The van der Waals surface area contributed by atoms with Crippen molar-refractivity contribution in [2.75, 3.05) is 7.05 Å². The van der Waals surface area contributed by atoms with Gasteiger partial charge in [-0.05, 0) is 55.9 Å². The average molecular weight is 368 g/mol. The number of benzene rings is 1. The molecule has 1 aliphatic carbocycles. The van der Waals surface area contributed by atoms with E-state index in [2.05, 4.69) is 9.98 Å². The summed E-state index contributed by atoms with van der Waals surface area (Å²) < 4.78 is 40.4. The molecule has 0 saturated heterocycles. The Morgan fingerprint density at radius 3 is 2.46 bits per heavy atom. The Bertz CT molecular complexity index is 719. The third-order valence-corrected chi connectivity index (χ3v) is 4.66. The summed E-state index contributed by atoms with van der Waals surface area (Å²) in [7, 11) is 1.54. The predicted molar refractivity (Wildman–Crippen MR) is 94.8 cm³/mol. The maximum atomic E-state index is 13.5. The van der Waals surface area contributed by atoms with Crippen molar-refractivity contribution >= 4 is 17.5 Å². The number of amidine groups is 1. The number of alkyl halides is 2. The predicted octanol–water partition coefficient (Wildman–Crippen LogP) is 4.64. The Hall–Kier alpha value is -2.18. The van der Waals surface area contributed by atoms with Crippen LogP contribution in [0.1, 0.15) is 49.7 Å². The lowest BCUT2D eigenvalue weighted by molar-refractivity contribution is -0.136. The highest BCUT2D eigenvalue weighted by Crippen LogP contribution is 2.37. The van der Waals surface area contributed by atoms with Gasteiger partial charge in [-0.2, -0.15) is 0 Å². The molecule has 0 aromatic heterocycles. The van der Waals surface area contributed by atoms with Crippen LogP contribution in [-0.2, 0) is 4.79 Å². The van der Waals surface area contributed by atoms with Crippen LogP contribution in [-0.4, -0.2) is 35.6 Å². The SMILES string of the molecule is CN=C(N=C(CCC(=O)O)C1CCC(F)(F)CC1)c1ccc(F)c(C)c1. The summed E-state index contributed by atoms with van der Waals surface area (Å²) in [6.07, 6.45) is 0.155. The number of nitrogens with zero attached hydrogens (tertiary/aromatic N) is 2. The van der Waals surface area contributed by atoms with E-state index in [1.54, 1.807) is 26.1 Å². The van der Waals surface area contributed by atoms with Crippen LogP contribution in [0.4, 0.5) is 13.2 Å². The first-order chi connectivity index (χ1) is 12.2. The van der Waals surface area contributed by atoms with Crippen LogP contribution < -0.4 is 0 Å². The fraction of sp³-hybridized carbons (Fsp3) is 0.526. The van der Waals surface area contributed by atoms with Gasteiger partial charge in [0, 0.05) is 31.2 Å². The van der Waals surface area contributed by atoms with Crippen LogP contribution in [0.5, 0.6) is 0 Å². The summed E-state index contributed by atoms with van der Waals surface area (Å²) in [5.41, 5.74) is 1.63. The number of aliphatic imine (C=N–C) groups is 2. The van der Waals surface area contributed by atoms with Gasteiger partial charge < -0.3 is 5.11 Å². The number of halogens is 3. The fourth-order valence-electron chi connectivity index (χ4n) is 3.12. The van der Waals surface area contributed by atoms with Crippen LogP contribution in [0, 0.1) is 18.7 Å². The van der Waals surface area contributed by atoms with E-state index in [-0.39, 0.29) is 50.3 Å². The molecule has 1 aliphatic rings. The van der Waals surface area contributed by atoms with Gasteiger partial charge in [-0.1, -0.05) is 0 Å². The number of rotatable bonds is 5. The molecule has 0 bridgehead atoms. The molecule has 0 spiro atoms. The molecule has 0 atom stereocenters. The summed E-state index contributed by atoms with van der Waals surface area (Å²) >= 11 is 0. The highest BCUT2D eigenvalue weighted by atomic mass is 19.3. The molecule has 1 aromatic rings. The summed E-state index contributed by atoms with van der Waals surface area (Å²) in [6, 6.07) is 4.49. The second kappa shape index (κ2) is 8.47. The van der Waals surface area contributed by atoms with Crippen LogP contribution in [0.25, 0.3) is 0 Å². The smallest absolute Gasteiger partial charge is 0.303 e. The van der Waals surface area contributed by atoms with Gasteiger partial charge >= 0.3 is 5.97 Å². The molecule has 1 fully saturated rings. The van der Waals surface area contributed by atoms with Crippen molar-refractivity contribution in [3.63, 3.8) is 0 Å². The van der Waals surface area contributed by atoms with E-state index in [4.69, 9.17) is 5.11 Å². The molecule has 1 saturated carbocycles. The number of carboxylic acids is 1. The molecule has 26 heavy (non-hydrogen) atoms. The maximum Gasteiger partial charge on any atom is 0.303 e. The normalized spacial score (nSPS) is 18.8. The molecule has 1 aromatic carbocycles. The molecular formula is C19H23F3N2O2.